The molecular weight excluding hydrogens is 466 g/mol. The van der Waals surface area contributed by atoms with Crippen LogP contribution in [-0.4, -0.2) is 43.4 Å². The summed E-state index contributed by atoms with van der Waals surface area (Å²) >= 11 is 0. The number of nitrogens with one attached hydrogen (secondary N) is 2. The molecule has 33 heavy (non-hydrogen) atoms. The molecule has 4 N–H and O–H groups in total. The summed E-state index contributed by atoms with van der Waals surface area (Å²) in [7, 11) is -7.33. The summed E-state index contributed by atoms with van der Waals surface area (Å²) in [6.45, 7) is 6.35. The van der Waals surface area contributed by atoms with E-state index < -0.39 is 20.2 Å². The molecule has 0 saturated carbocycles. The fraction of sp³-hybridized carbons (Fsp3) is 0.227. The Hall–Kier alpha value is -2.99. The van der Waals surface area contributed by atoms with Crippen molar-refractivity contribution in [1.29, 1.82) is 0 Å². The normalized spacial score (nSPS) is 10.8. The van der Waals surface area contributed by atoms with Crippen molar-refractivity contribution in [3.63, 3.8) is 0 Å². The fourth-order valence-corrected chi connectivity index (χ4v) is 2.48. The molecule has 3 rings (SSSR count). The predicted octanol–water partition coefficient (Wildman–Crippen LogP) is 4.50. The summed E-state index contributed by atoms with van der Waals surface area (Å²) in [4.78, 5) is 4.80. The van der Waals surface area contributed by atoms with Gasteiger partial charge in [0.05, 0.1) is 12.5 Å². The lowest BCUT2D eigenvalue weighted by atomic mass is 10.1. The fourth-order valence-electron chi connectivity index (χ4n) is 2.48. The Balaban J connectivity index is 0.000000460. The van der Waals surface area contributed by atoms with E-state index in [9.17, 15) is 16.8 Å². The lowest BCUT2D eigenvalue weighted by Crippen LogP contribution is -2.05. The van der Waals surface area contributed by atoms with Gasteiger partial charge in [0.1, 0.15) is 11.6 Å². The smallest absolute Gasteiger partial charge is 0.261 e. The second-order valence-corrected chi connectivity index (χ2v) is 10.1. The Morgan fingerprint density at radius 1 is 0.606 bits per heavy atom. The molecule has 0 saturated heterocycles. The molecule has 2 aromatic carbocycles. The Morgan fingerprint density at radius 3 is 1.15 bits per heavy atom. The maximum atomic E-state index is 9.19. The second-order valence-electron chi connectivity index (χ2n) is 7.13. The zero-order valence-corrected chi connectivity index (χ0v) is 20.7. The summed E-state index contributed by atoms with van der Waals surface area (Å²) in [5, 5.41) is 6.83. The van der Waals surface area contributed by atoms with Gasteiger partial charge in [-0.25, -0.2) is 4.98 Å². The first kappa shape index (κ1) is 28.0. The van der Waals surface area contributed by atoms with Crippen molar-refractivity contribution < 1.29 is 25.9 Å². The van der Waals surface area contributed by atoms with Crippen molar-refractivity contribution in [2.45, 2.75) is 20.8 Å². The molecule has 0 bridgehead atoms. The number of para-hydroxylation sites is 2. The van der Waals surface area contributed by atoms with Crippen LogP contribution in [0.25, 0.3) is 0 Å². The number of anilines is 4. The summed E-state index contributed by atoms with van der Waals surface area (Å²) in [6, 6.07) is 20.2. The standard InChI is InChI=1S/C20H21N3.2CH4O3S/c1-14-15(2)19(21-17-10-6-4-7-11-17)23-20(16(14)3)22-18-12-8-5-9-13-18;2*1-5(2,3)4/h4-13H,1-3H3,(H2,21,22,23);2*1H3,(H,2,3,4). The molecule has 11 heteroatoms. The largest absolute Gasteiger partial charge is 0.340 e. The first-order chi connectivity index (χ1) is 15.1. The van der Waals surface area contributed by atoms with E-state index in [4.69, 9.17) is 14.1 Å². The maximum Gasteiger partial charge on any atom is 0.261 e. The van der Waals surface area contributed by atoms with E-state index in [-0.39, 0.29) is 0 Å². The maximum absolute atomic E-state index is 9.19. The van der Waals surface area contributed by atoms with E-state index in [0.29, 0.717) is 12.5 Å². The lowest BCUT2D eigenvalue weighted by Gasteiger charge is -2.17. The lowest BCUT2D eigenvalue weighted by molar-refractivity contribution is 0.488. The molecule has 3 aromatic rings. The highest BCUT2D eigenvalue weighted by Gasteiger charge is 2.12. The van der Waals surface area contributed by atoms with Crippen LogP contribution in [0.3, 0.4) is 0 Å². The van der Waals surface area contributed by atoms with Gasteiger partial charge in [-0.2, -0.15) is 16.8 Å². The van der Waals surface area contributed by atoms with Crippen LogP contribution in [-0.2, 0) is 20.2 Å². The molecule has 180 valence electrons. The topological polar surface area (TPSA) is 146 Å². The van der Waals surface area contributed by atoms with Gasteiger partial charge in [0.25, 0.3) is 20.2 Å². The molecule has 9 nitrogen and oxygen atoms in total. The summed E-state index contributed by atoms with van der Waals surface area (Å²) in [6.07, 6.45) is 1.43. The zero-order valence-electron chi connectivity index (χ0n) is 19.1. The predicted molar refractivity (Wildman–Crippen MR) is 133 cm³/mol. The minimum absolute atomic E-state index is 0.715. The van der Waals surface area contributed by atoms with E-state index in [1.165, 1.54) is 16.7 Å². The van der Waals surface area contributed by atoms with E-state index in [0.717, 1.165) is 23.0 Å². The Morgan fingerprint density at radius 2 is 0.879 bits per heavy atom. The van der Waals surface area contributed by atoms with Gasteiger partial charge in [-0.3, -0.25) is 9.11 Å². The Bertz CT molecular complexity index is 1140. The molecule has 0 aliphatic heterocycles. The number of benzene rings is 2. The van der Waals surface area contributed by atoms with Crippen molar-refractivity contribution >= 4 is 43.2 Å². The SMILES string of the molecule is CS(=O)(=O)O.CS(=O)(=O)O.Cc1c(Nc2ccccc2)nc(Nc2ccccc2)c(C)c1C. The molecule has 0 fully saturated rings. The average Bonchev–Trinajstić information content (AvgIpc) is 2.69. The highest BCUT2D eigenvalue weighted by atomic mass is 32.2. The first-order valence-electron chi connectivity index (χ1n) is 9.62. The monoisotopic (exact) mass is 495 g/mol. The Labute approximate surface area is 195 Å². The van der Waals surface area contributed by atoms with Crippen LogP contribution in [0.5, 0.6) is 0 Å². The molecule has 1 aromatic heterocycles. The second kappa shape index (κ2) is 12.3. The van der Waals surface area contributed by atoms with E-state index in [1.54, 1.807) is 0 Å². The van der Waals surface area contributed by atoms with Gasteiger partial charge in [-0.05, 0) is 61.7 Å². The summed E-state index contributed by atoms with van der Waals surface area (Å²) < 4.78 is 51.7. The van der Waals surface area contributed by atoms with Crippen LogP contribution >= 0.6 is 0 Å². The Kier molecular flexibility index (Phi) is 10.5. The van der Waals surface area contributed by atoms with Gasteiger partial charge in [-0.1, -0.05) is 36.4 Å². The molecule has 0 spiro atoms. The third-order valence-corrected chi connectivity index (χ3v) is 4.13. The van der Waals surface area contributed by atoms with Gasteiger partial charge >= 0.3 is 0 Å². The van der Waals surface area contributed by atoms with Crippen LogP contribution in [0, 0.1) is 20.8 Å². The highest BCUT2D eigenvalue weighted by molar-refractivity contribution is 7.85. The molecule has 0 aliphatic carbocycles. The summed E-state index contributed by atoms with van der Waals surface area (Å²) in [5.74, 6) is 1.77. The molecule has 1 heterocycles. The molecular formula is C22H29N3O6S2. The van der Waals surface area contributed by atoms with Crippen LogP contribution < -0.4 is 10.6 Å². The minimum Gasteiger partial charge on any atom is -0.340 e. The number of rotatable bonds is 4. The van der Waals surface area contributed by atoms with Crippen LogP contribution in [0.15, 0.2) is 60.7 Å². The van der Waals surface area contributed by atoms with Crippen molar-refractivity contribution in [1.82, 2.24) is 4.98 Å². The van der Waals surface area contributed by atoms with Crippen LogP contribution in [0.2, 0.25) is 0 Å². The molecule has 0 unspecified atom stereocenters. The minimum atomic E-state index is -3.67. The number of hydrogen-bond donors (Lipinski definition) is 4. The van der Waals surface area contributed by atoms with Crippen LogP contribution in [0.1, 0.15) is 16.7 Å². The average molecular weight is 496 g/mol. The van der Waals surface area contributed by atoms with Gasteiger partial charge in [0.2, 0.25) is 0 Å². The number of aromatic nitrogens is 1. The van der Waals surface area contributed by atoms with Gasteiger partial charge in [0.15, 0.2) is 0 Å². The van der Waals surface area contributed by atoms with E-state index >= 15 is 0 Å². The molecule has 0 amide bonds. The third kappa shape index (κ3) is 12.6. The molecule has 0 aliphatic rings. The van der Waals surface area contributed by atoms with Crippen LogP contribution in [0.4, 0.5) is 23.0 Å². The van der Waals surface area contributed by atoms with Crippen molar-refractivity contribution in [2.75, 3.05) is 23.1 Å². The first-order valence-corrected chi connectivity index (χ1v) is 13.3. The van der Waals surface area contributed by atoms with Crippen molar-refractivity contribution in [3.8, 4) is 0 Å². The van der Waals surface area contributed by atoms with Gasteiger partial charge < -0.3 is 10.6 Å². The number of hydrogen-bond acceptors (Lipinski definition) is 7. The van der Waals surface area contributed by atoms with E-state index in [1.807, 2.05) is 60.7 Å². The third-order valence-electron chi connectivity index (χ3n) is 4.13. The zero-order chi connectivity index (χ0) is 25.2. The molecule has 0 atom stereocenters. The van der Waals surface area contributed by atoms with Crippen molar-refractivity contribution in [2.24, 2.45) is 0 Å². The van der Waals surface area contributed by atoms with Crippen molar-refractivity contribution in [3.05, 3.63) is 77.4 Å². The van der Waals surface area contributed by atoms with Gasteiger partial charge in [0, 0.05) is 11.4 Å². The quantitative estimate of drug-likeness (QED) is 0.384. The number of nitrogens with zero attached hydrogens (tertiary/aromatic N) is 1. The number of pyridine rings is 1. The highest BCUT2D eigenvalue weighted by Crippen LogP contribution is 2.29. The van der Waals surface area contributed by atoms with E-state index in [2.05, 4.69) is 31.4 Å². The summed E-state index contributed by atoms with van der Waals surface area (Å²) in [5.41, 5.74) is 5.67. The molecule has 0 radical (unpaired) electrons. The van der Waals surface area contributed by atoms with Gasteiger partial charge in [-0.15, -0.1) is 0 Å².